The summed E-state index contributed by atoms with van der Waals surface area (Å²) in [6.45, 7) is 2.94. The molecule has 0 bridgehead atoms. The van der Waals surface area contributed by atoms with Crippen LogP contribution in [-0.2, 0) is 13.2 Å². The molecule has 2 aromatic carbocycles. The zero-order chi connectivity index (χ0) is 18.4. The quantitative estimate of drug-likeness (QED) is 0.613. The summed E-state index contributed by atoms with van der Waals surface area (Å²) in [5.74, 6) is 2.73. The van der Waals surface area contributed by atoms with E-state index in [2.05, 4.69) is 28.0 Å². The average molecular weight is 353 g/mol. The normalized spacial score (nSPS) is 12.2. The maximum atomic E-state index is 5.64. The molecular weight excluding hydrogens is 330 g/mol. The van der Waals surface area contributed by atoms with Gasteiger partial charge in [0.25, 0.3) is 0 Å². The number of ether oxygens (including phenoxy) is 2. The summed E-state index contributed by atoms with van der Waals surface area (Å²) in [5, 5.41) is 3.99. The molecule has 0 saturated heterocycles. The van der Waals surface area contributed by atoms with Crippen LogP contribution in [-0.4, -0.2) is 29.2 Å². The molecule has 0 N–H and O–H groups in total. The molecule has 1 aromatic heterocycles. The fraction of sp³-hybridized carbons (Fsp3) is 0.300. The van der Waals surface area contributed by atoms with Crippen LogP contribution in [0.1, 0.15) is 30.2 Å². The summed E-state index contributed by atoms with van der Waals surface area (Å²) in [4.78, 5) is 6.54. The Balaban J connectivity index is 1.59. The van der Waals surface area contributed by atoms with Gasteiger partial charge in [0.15, 0.2) is 6.61 Å². The van der Waals surface area contributed by atoms with E-state index in [0.717, 1.165) is 17.1 Å². The average Bonchev–Trinajstić information content (AvgIpc) is 3.13. The van der Waals surface area contributed by atoms with Crippen molar-refractivity contribution >= 4 is 0 Å². The zero-order valence-corrected chi connectivity index (χ0v) is 15.3. The molecule has 0 saturated carbocycles. The highest BCUT2D eigenvalue weighted by Crippen LogP contribution is 2.28. The molecule has 1 atom stereocenters. The van der Waals surface area contributed by atoms with Crippen molar-refractivity contribution < 1.29 is 14.0 Å². The molecule has 0 unspecified atom stereocenters. The Hall–Kier alpha value is -2.86. The van der Waals surface area contributed by atoms with Crippen molar-refractivity contribution in [3.63, 3.8) is 0 Å². The smallest absolute Gasteiger partial charge is 0.240 e. The van der Waals surface area contributed by atoms with Crippen LogP contribution in [0.2, 0.25) is 0 Å². The topological polar surface area (TPSA) is 60.6 Å². The second-order valence-corrected chi connectivity index (χ2v) is 6.04. The van der Waals surface area contributed by atoms with E-state index < -0.39 is 0 Å². The van der Waals surface area contributed by atoms with Crippen LogP contribution in [0, 0.1) is 0 Å². The van der Waals surface area contributed by atoms with E-state index in [1.54, 1.807) is 7.11 Å². The predicted octanol–water partition coefficient (Wildman–Crippen LogP) is 3.85. The monoisotopic (exact) mass is 353 g/mol. The van der Waals surface area contributed by atoms with Crippen LogP contribution in [0.25, 0.3) is 0 Å². The first-order chi connectivity index (χ1) is 12.7. The van der Waals surface area contributed by atoms with Gasteiger partial charge in [-0.25, -0.2) is 0 Å². The van der Waals surface area contributed by atoms with Gasteiger partial charge in [0.05, 0.1) is 13.7 Å². The van der Waals surface area contributed by atoms with Gasteiger partial charge in [-0.1, -0.05) is 41.6 Å². The van der Waals surface area contributed by atoms with Crippen molar-refractivity contribution in [1.82, 2.24) is 15.0 Å². The van der Waals surface area contributed by atoms with E-state index in [9.17, 15) is 0 Å². The van der Waals surface area contributed by atoms with Crippen molar-refractivity contribution in [2.24, 2.45) is 0 Å². The zero-order valence-electron chi connectivity index (χ0n) is 15.3. The maximum absolute atomic E-state index is 5.64. The number of rotatable bonds is 8. The standard InChI is InChI=1S/C20H23N3O3/c1-15(17-11-7-8-12-18(17)24-3)23(2)13-20-21-19(22-26-20)14-25-16-9-5-4-6-10-16/h4-12,15H,13-14H2,1-3H3/t15-/m1/s1. The number of hydrogen-bond acceptors (Lipinski definition) is 6. The van der Waals surface area contributed by atoms with Crippen LogP contribution in [0.5, 0.6) is 11.5 Å². The van der Waals surface area contributed by atoms with Crippen molar-refractivity contribution in [2.75, 3.05) is 14.2 Å². The highest BCUT2D eigenvalue weighted by Gasteiger charge is 2.18. The number of aromatic nitrogens is 2. The molecule has 6 nitrogen and oxygen atoms in total. The van der Waals surface area contributed by atoms with Gasteiger partial charge in [0, 0.05) is 11.6 Å². The van der Waals surface area contributed by atoms with Gasteiger partial charge < -0.3 is 14.0 Å². The molecular formula is C20H23N3O3. The molecule has 3 rings (SSSR count). The number of nitrogens with zero attached hydrogens (tertiary/aromatic N) is 3. The number of hydrogen-bond donors (Lipinski definition) is 0. The van der Waals surface area contributed by atoms with Gasteiger partial charge in [0.1, 0.15) is 11.5 Å². The summed E-state index contributed by atoms with van der Waals surface area (Å²) in [6, 6.07) is 17.7. The van der Waals surface area contributed by atoms with Crippen LogP contribution < -0.4 is 9.47 Å². The van der Waals surface area contributed by atoms with Gasteiger partial charge in [-0.2, -0.15) is 4.98 Å². The maximum Gasteiger partial charge on any atom is 0.240 e. The molecule has 136 valence electrons. The Kier molecular flexibility index (Phi) is 5.86. The third-order valence-electron chi connectivity index (χ3n) is 4.26. The van der Waals surface area contributed by atoms with E-state index in [4.69, 9.17) is 14.0 Å². The molecule has 0 spiro atoms. The number of benzene rings is 2. The Bertz CT molecular complexity index is 820. The molecule has 26 heavy (non-hydrogen) atoms. The highest BCUT2D eigenvalue weighted by atomic mass is 16.5. The lowest BCUT2D eigenvalue weighted by Gasteiger charge is -2.24. The van der Waals surface area contributed by atoms with Gasteiger partial charge in [-0.05, 0) is 32.2 Å². The second kappa shape index (κ2) is 8.49. The van der Waals surface area contributed by atoms with E-state index in [-0.39, 0.29) is 12.6 Å². The molecule has 0 fully saturated rings. The number of methoxy groups -OCH3 is 1. The lowest BCUT2D eigenvalue weighted by Crippen LogP contribution is -2.22. The molecule has 0 aliphatic rings. The molecule has 0 radical (unpaired) electrons. The number of para-hydroxylation sites is 2. The third-order valence-corrected chi connectivity index (χ3v) is 4.26. The Labute approximate surface area is 153 Å². The van der Waals surface area contributed by atoms with E-state index in [0.29, 0.717) is 18.3 Å². The first kappa shape index (κ1) is 17.9. The van der Waals surface area contributed by atoms with Crippen molar-refractivity contribution in [1.29, 1.82) is 0 Å². The Morgan fingerprint density at radius 3 is 2.58 bits per heavy atom. The first-order valence-electron chi connectivity index (χ1n) is 8.50. The largest absolute Gasteiger partial charge is 0.496 e. The van der Waals surface area contributed by atoms with E-state index >= 15 is 0 Å². The van der Waals surface area contributed by atoms with Crippen LogP contribution >= 0.6 is 0 Å². The lowest BCUT2D eigenvalue weighted by molar-refractivity contribution is 0.212. The van der Waals surface area contributed by atoms with E-state index in [1.165, 1.54) is 0 Å². The van der Waals surface area contributed by atoms with Crippen molar-refractivity contribution in [2.45, 2.75) is 26.1 Å². The second-order valence-electron chi connectivity index (χ2n) is 6.04. The summed E-state index contributed by atoms with van der Waals surface area (Å²) in [5.41, 5.74) is 1.12. The van der Waals surface area contributed by atoms with Gasteiger partial charge >= 0.3 is 0 Å². The fourth-order valence-electron chi connectivity index (χ4n) is 2.68. The Morgan fingerprint density at radius 2 is 1.81 bits per heavy atom. The van der Waals surface area contributed by atoms with Crippen LogP contribution in [0.4, 0.5) is 0 Å². The lowest BCUT2D eigenvalue weighted by atomic mass is 10.1. The van der Waals surface area contributed by atoms with Gasteiger partial charge in [-0.15, -0.1) is 0 Å². The molecule has 0 aliphatic carbocycles. The Morgan fingerprint density at radius 1 is 1.08 bits per heavy atom. The highest BCUT2D eigenvalue weighted by molar-refractivity contribution is 5.35. The van der Waals surface area contributed by atoms with Gasteiger partial charge in [0.2, 0.25) is 11.7 Å². The molecule has 6 heteroatoms. The molecule has 0 aliphatic heterocycles. The van der Waals surface area contributed by atoms with Crippen LogP contribution in [0.3, 0.4) is 0 Å². The summed E-state index contributed by atoms with van der Waals surface area (Å²) in [7, 11) is 3.70. The third kappa shape index (κ3) is 4.40. The molecule has 0 amide bonds. The molecule has 3 aromatic rings. The SMILES string of the molecule is COc1ccccc1[C@@H](C)N(C)Cc1nc(COc2ccccc2)no1. The van der Waals surface area contributed by atoms with Crippen molar-refractivity contribution in [3.05, 3.63) is 71.9 Å². The van der Waals surface area contributed by atoms with Crippen LogP contribution in [0.15, 0.2) is 59.1 Å². The summed E-state index contributed by atoms with van der Waals surface area (Å²) in [6.07, 6.45) is 0. The van der Waals surface area contributed by atoms with Gasteiger partial charge in [-0.3, -0.25) is 4.90 Å². The summed E-state index contributed by atoms with van der Waals surface area (Å²) < 4.78 is 16.4. The fourth-order valence-corrected chi connectivity index (χ4v) is 2.68. The van der Waals surface area contributed by atoms with Crippen molar-refractivity contribution in [3.8, 4) is 11.5 Å². The minimum absolute atomic E-state index is 0.141. The minimum atomic E-state index is 0.141. The van der Waals surface area contributed by atoms with E-state index in [1.807, 2.05) is 55.6 Å². The molecule has 1 heterocycles. The minimum Gasteiger partial charge on any atom is -0.496 e. The summed E-state index contributed by atoms with van der Waals surface area (Å²) >= 11 is 0. The first-order valence-corrected chi connectivity index (χ1v) is 8.50. The predicted molar refractivity (Wildman–Crippen MR) is 97.9 cm³/mol.